The number of hydrogen-bond donors (Lipinski definition) is 2. The highest BCUT2D eigenvalue weighted by Gasteiger charge is 2.29. The summed E-state index contributed by atoms with van der Waals surface area (Å²) in [5, 5.41) is 8.76. The third kappa shape index (κ3) is 5.76. The highest BCUT2D eigenvalue weighted by atomic mass is 79.9. The van der Waals surface area contributed by atoms with Crippen molar-refractivity contribution in [1.29, 1.82) is 0 Å². The summed E-state index contributed by atoms with van der Waals surface area (Å²) in [6.07, 6.45) is 3.19. The van der Waals surface area contributed by atoms with Crippen molar-refractivity contribution in [2.75, 3.05) is 6.54 Å². The topological polar surface area (TPSA) is 50.4 Å². The van der Waals surface area contributed by atoms with Gasteiger partial charge in [-0.1, -0.05) is 6.42 Å². The lowest BCUT2D eigenvalue weighted by molar-refractivity contribution is 0.0517. The second-order valence-electron chi connectivity index (χ2n) is 7.20. The van der Waals surface area contributed by atoms with Crippen molar-refractivity contribution in [1.82, 2.24) is 10.6 Å². The molecule has 4 nitrogen and oxygen atoms in total. The lowest BCUT2D eigenvalue weighted by Gasteiger charge is -2.26. The van der Waals surface area contributed by atoms with E-state index in [1.807, 2.05) is 20.8 Å². The fourth-order valence-corrected chi connectivity index (χ4v) is 4.77. The summed E-state index contributed by atoms with van der Waals surface area (Å²) in [6.45, 7) is 8.52. The molecule has 0 aromatic carbocycles. The predicted molar refractivity (Wildman–Crippen MR) is 98.9 cm³/mol. The van der Waals surface area contributed by atoms with Crippen LogP contribution in [0.3, 0.4) is 0 Å². The second kappa shape index (κ2) is 7.99. The Bertz CT molecular complexity index is 527. The predicted octanol–water partition coefficient (Wildman–Crippen LogP) is 4.85. The molecule has 1 amide bonds. The summed E-state index contributed by atoms with van der Waals surface area (Å²) in [6, 6.07) is 2.85. The lowest BCUT2D eigenvalue weighted by atomic mass is 10.0. The molecule has 1 fully saturated rings. The van der Waals surface area contributed by atoms with E-state index < -0.39 is 5.60 Å². The normalized spacial score (nSPS) is 22.8. The van der Waals surface area contributed by atoms with E-state index in [0.717, 1.165) is 12.8 Å². The van der Waals surface area contributed by atoms with Crippen LogP contribution in [0, 0.1) is 5.92 Å². The van der Waals surface area contributed by atoms with Gasteiger partial charge in [0.2, 0.25) is 0 Å². The first-order valence-electron chi connectivity index (χ1n) is 8.22. The van der Waals surface area contributed by atoms with Crippen LogP contribution in [0.15, 0.2) is 15.9 Å². The minimum Gasteiger partial charge on any atom is -0.444 e. The number of carbonyl (C=O) groups is 1. The molecular formula is C17H27BrN2O2S. The summed E-state index contributed by atoms with van der Waals surface area (Å²) in [5.41, 5.74) is -0.447. The van der Waals surface area contributed by atoms with Crippen molar-refractivity contribution >= 4 is 33.4 Å². The molecule has 1 aliphatic rings. The minimum atomic E-state index is -0.447. The van der Waals surface area contributed by atoms with Crippen LogP contribution in [0.2, 0.25) is 0 Å². The van der Waals surface area contributed by atoms with Gasteiger partial charge in [-0.15, -0.1) is 11.3 Å². The smallest absolute Gasteiger partial charge is 0.407 e. The molecule has 1 aromatic rings. The van der Waals surface area contributed by atoms with Crippen LogP contribution in [0.5, 0.6) is 0 Å². The van der Waals surface area contributed by atoms with E-state index in [1.165, 1.54) is 15.8 Å². The average Bonchev–Trinajstić information content (AvgIpc) is 3.03. The van der Waals surface area contributed by atoms with Crippen molar-refractivity contribution in [2.45, 2.75) is 64.6 Å². The maximum Gasteiger partial charge on any atom is 0.407 e. The Labute approximate surface area is 151 Å². The van der Waals surface area contributed by atoms with Crippen molar-refractivity contribution in [3.8, 4) is 0 Å². The number of nitrogens with one attached hydrogen (secondary N) is 2. The molecule has 0 saturated heterocycles. The zero-order chi connectivity index (χ0) is 17.0. The first-order chi connectivity index (χ1) is 10.8. The fourth-order valence-electron chi connectivity index (χ4n) is 3.04. The molecule has 0 radical (unpaired) electrons. The van der Waals surface area contributed by atoms with Gasteiger partial charge in [0.25, 0.3) is 0 Å². The average molecular weight is 403 g/mol. The monoisotopic (exact) mass is 402 g/mol. The molecule has 0 aliphatic heterocycles. The number of alkyl carbamates (subject to hydrolysis) is 1. The van der Waals surface area contributed by atoms with Crippen LogP contribution in [0.1, 0.15) is 57.9 Å². The molecule has 0 spiro atoms. The molecule has 23 heavy (non-hydrogen) atoms. The number of rotatable bonds is 5. The van der Waals surface area contributed by atoms with Crippen LogP contribution >= 0.6 is 27.3 Å². The Balaban J connectivity index is 1.83. The molecule has 0 bridgehead atoms. The molecule has 130 valence electrons. The van der Waals surface area contributed by atoms with Gasteiger partial charge in [0.1, 0.15) is 5.60 Å². The van der Waals surface area contributed by atoms with Crippen LogP contribution in [-0.2, 0) is 4.74 Å². The quantitative estimate of drug-likeness (QED) is 0.739. The summed E-state index contributed by atoms with van der Waals surface area (Å²) in [5.74, 6) is 0.462. The molecule has 1 aliphatic carbocycles. The van der Waals surface area contributed by atoms with Gasteiger partial charge in [0, 0.05) is 28.0 Å². The Morgan fingerprint density at radius 1 is 1.48 bits per heavy atom. The van der Waals surface area contributed by atoms with Gasteiger partial charge in [-0.2, -0.15) is 0 Å². The van der Waals surface area contributed by atoms with E-state index in [-0.39, 0.29) is 6.09 Å². The van der Waals surface area contributed by atoms with Gasteiger partial charge >= 0.3 is 6.09 Å². The Hall–Kier alpha value is -0.590. The van der Waals surface area contributed by atoms with E-state index >= 15 is 0 Å². The number of ether oxygens (including phenoxy) is 1. The molecule has 1 heterocycles. The van der Waals surface area contributed by atoms with Gasteiger partial charge in [0.05, 0.1) is 0 Å². The first kappa shape index (κ1) is 18.7. The summed E-state index contributed by atoms with van der Waals surface area (Å²) in [7, 11) is 0. The molecule has 2 N–H and O–H groups in total. The number of thiophene rings is 1. The molecule has 1 aromatic heterocycles. The third-order valence-corrected chi connectivity index (χ3v) is 6.12. The van der Waals surface area contributed by atoms with Crippen LogP contribution in [0.4, 0.5) is 4.79 Å². The van der Waals surface area contributed by atoms with Gasteiger partial charge in [-0.05, 0) is 73.8 Å². The van der Waals surface area contributed by atoms with Gasteiger partial charge in [-0.3, -0.25) is 0 Å². The number of hydrogen-bond acceptors (Lipinski definition) is 4. The molecule has 1 saturated carbocycles. The van der Waals surface area contributed by atoms with Gasteiger partial charge < -0.3 is 15.4 Å². The fraction of sp³-hybridized carbons (Fsp3) is 0.706. The summed E-state index contributed by atoms with van der Waals surface area (Å²) < 4.78 is 6.48. The van der Waals surface area contributed by atoms with E-state index in [4.69, 9.17) is 4.74 Å². The standard InChI is InChI=1S/C17H27BrN2O2S/c1-11(15-13(18)8-9-23-15)20-14-7-5-6-12(14)10-19-16(21)22-17(2,3)4/h8-9,11-12,14,20H,5-7,10H2,1-4H3,(H,19,21). The minimum absolute atomic E-state index is 0.316. The molecule has 3 unspecified atom stereocenters. The zero-order valence-corrected chi connectivity index (χ0v) is 16.7. The maximum absolute atomic E-state index is 11.8. The number of halogens is 1. The molecular weight excluding hydrogens is 376 g/mol. The number of carbonyl (C=O) groups excluding carboxylic acids is 1. The van der Waals surface area contributed by atoms with Crippen molar-refractivity contribution in [3.05, 3.63) is 20.8 Å². The first-order valence-corrected chi connectivity index (χ1v) is 9.89. The Morgan fingerprint density at radius 3 is 2.83 bits per heavy atom. The van der Waals surface area contributed by atoms with E-state index in [2.05, 4.69) is 44.9 Å². The molecule has 2 rings (SSSR count). The third-order valence-electron chi connectivity index (χ3n) is 4.07. The summed E-state index contributed by atoms with van der Waals surface area (Å²) in [4.78, 5) is 13.1. The van der Waals surface area contributed by atoms with E-state index in [9.17, 15) is 4.79 Å². The highest BCUT2D eigenvalue weighted by molar-refractivity contribution is 9.10. The highest BCUT2D eigenvalue weighted by Crippen LogP contribution is 2.32. The Kier molecular flexibility index (Phi) is 6.51. The van der Waals surface area contributed by atoms with E-state index in [1.54, 1.807) is 11.3 Å². The van der Waals surface area contributed by atoms with E-state index in [0.29, 0.717) is 24.5 Å². The molecule has 3 atom stereocenters. The number of amides is 1. The molecule has 6 heteroatoms. The van der Waals surface area contributed by atoms with Crippen LogP contribution in [-0.4, -0.2) is 24.3 Å². The van der Waals surface area contributed by atoms with Crippen molar-refractivity contribution in [2.24, 2.45) is 5.92 Å². The SMILES string of the molecule is CC(NC1CCCC1CNC(=O)OC(C)(C)C)c1sccc1Br. The van der Waals surface area contributed by atoms with Crippen molar-refractivity contribution in [3.63, 3.8) is 0 Å². The second-order valence-corrected chi connectivity index (χ2v) is 9.00. The van der Waals surface area contributed by atoms with Crippen LogP contribution in [0.25, 0.3) is 0 Å². The summed E-state index contributed by atoms with van der Waals surface area (Å²) >= 11 is 5.37. The van der Waals surface area contributed by atoms with Crippen LogP contribution < -0.4 is 10.6 Å². The van der Waals surface area contributed by atoms with Gasteiger partial charge in [0.15, 0.2) is 0 Å². The largest absolute Gasteiger partial charge is 0.444 e. The zero-order valence-electron chi connectivity index (χ0n) is 14.3. The van der Waals surface area contributed by atoms with Gasteiger partial charge in [-0.25, -0.2) is 4.79 Å². The maximum atomic E-state index is 11.8. The lowest BCUT2D eigenvalue weighted by Crippen LogP contribution is -2.41. The Morgan fingerprint density at radius 2 is 2.22 bits per heavy atom. The van der Waals surface area contributed by atoms with Crippen molar-refractivity contribution < 1.29 is 9.53 Å².